The first-order valence-corrected chi connectivity index (χ1v) is 7.68. The SMILES string of the molecule is NCc1ccc(C(=O)N2CCC(Cn3ccnn3)CC2)cc1. The second-order valence-electron chi connectivity index (χ2n) is 5.76. The van der Waals surface area contributed by atoms with Gasteiger partial charge < -0.3 is 10.6 Å². The summed E-state index contributed by atoms with van der Waals surface area (Å²) in [5, 5.41) is 7.83. The van der Waals surface area contributed by atoms with Gasteiger partial charge in [-0.25, -0.2) is 0 Å². The van der Waals surface area contributed by atoms with Crippen LogP contribution in [0.1, 0.15) is 28.8 Å². The minimum atomic E-state index is 0.114. The van der Waals surface area contributed by atoms with E-state index in [4.69, 9.17) is 5.73 Å². The lowest BCUT2D eigenvalue weighted by Crippen LogP contribution is -2.39. The van der Waals surface area contributed by atoms with Gasteiger partial charge in [0, 0.05) is 37.9 Å². The molecule has 0 unspecified atom stereocenters. The van der Waals surface area contributed by atoms with Crippen LogP contribution in [0, 0.1) is 5.92 Å². The van der Waals surface area contributed by atoms with Crippen molar-refractivity contribution in [2.75, 3.05) is 13.1 Å². The van der Waals surface area contributed by atoms with Crippen molar-refractivity contribution in [2.45, 2.75) is 25.9 Å². The Morgan fingerprint density at radius 3 is 2.55 bits per heavy atom. The molecule has 22 heavy (non-hydrogen) atoms. The van der Waals surface area contributed by atoms with E-state index in [0.717, 1.165) is 43.6 Å². The Hall–Kier alpha value is -2.21. The van der Waals surface area contributed by atoms with E-state index in [1.165, 1.54) is 0 Å². The molecule has 0 aliphatic carbocycles. The highest BCUT2D eigenvalue weighted by Crippen LogP contribution is 2.20. The summed E-state index contributed by atoms with van der Waals surface area (Å²) in [5.41, 5.74) is 7.37. The monoisotopic (exact) mass is 299 g/mol. The number of hydrogen-bond acceptors (Lipinski definition) is 4. The van der Waals surface area contributed by atoms with Crippen LogP contribution in [0.3, 0.4) is 0 Å². The topological polar surface area (TPSA) is 77.0 Å². The van der Waals surface area contributed by atoms with Crippen LogP contribution in [0.15, 0.2) is 36.7 Å². The largest absolute Gasteiger partial charge is 0.339 e. The summed E-state index contributed by atoms with van der Waals surface area (Å²) in [6.45, 7) is 2.99. The molecule has 0 bridgehead atoms. The molecule has 2 heterocycles. The van der Waals surface area contributed by atoms with Gasteiger partial charge in [0.15, 0.2) is 0 Å². The first-order valence-electron chi connectivity index (χ1n) is 7.68. The molecule has 1 amide bonds. The normalized spacial score (nSPS) is 16.0. The summed E-state index contributed by atoms with van der Waals surface area (Å²) >= 11 is 0. The van der Waals surface area contributed by atoms with Crippen LogP contribution in [0.4, 0.5) is 0 Å². The van der Waals surface area contributed by atoms with Gasteiger partial charge in [-0.3, -0.25) is 9.48 Å². The maximum absolute atomic E-state index is 12.5. The molecule has 3 rings (SSSR count). The van der Waals surface area contributed by atoms with Crippen LogP contribution in [0.25, 0.3) is 0 Å². The number of rotatable bonds is 4. The van der Waals surface area contributed by atoms with E-state index in [0.29, 0.717) is 12.5 Å². The number of likely N-dealkylation sites (tertiary alicyclic amines) is 1. The molecular formula is C16H21N5O. The van der Waals surface area contributed by atoms with Crippen molar-refractivity contribution in [1.82, 2.24) is 19.9 Å². The summed E-state index contributed by atoms with van der Waals surface area (Å²) < 4.78 is 1.87. The minimum Gasteiger partial charge on any atom is -0.339 e. The van der Waals surface area contributed by atoms with Gasteiger partial charge in [-0.05, 0) is 36.5 Å². The molecule has 116 valence electrons. The lowest BCUT2D eigenvalue weighted by atomic mass is 9.96. The summed E-state index contributed by atoms with van der Waals surface area (Å²) in [7, 11) is 0. The Labute approximate surface area is 129 Å². The smallest absolute Gasteiger partial charge is 0.253 e. The van der Waals surface area contributed by atoms with E-state index >= 15 is 0 Å². The molecule has 1 aliphatic heterocycles. The van der Waals surface area contributed by atoms with Crippen LogP contribution in [0.5, 0.6) is 0 Å². The van der Waals surface area contributed by atoms with Gasteiger partial charge in [-0.2, -0.15) is 0 Å². The van der Waals surface area contributed by atoms with Crippen LogP contribution >= 0.6 is 0 Å². The number of nitrogens with two attached hydrogens (primary N) is 1. The van der Waals surface area contributed by atoms with Crippen molar-refractivity contribution in [3.8, 4) is 0 Å². The van der Waals surface area contributed by atoms with Gasteiger partial charge in [0.25, 0.3) is 5.91 Å². The fourth-order valence-electron chi connectivity index (χ4n) is 2.88. The Morgan fingerprint density at radius 1 is 1.23 bits per heavy atom. The molecule has 6 nitrogen and oxygen atoms in total. The molecule has 1 aromatic heterocycles. The molecule has 1 aliphatic rings. The minimum absolute atomic E-state index is 0.114. The zero-order valence-electron chi connectivity index (χ0n) is 12.6. The van der Waals surface area contributed by atoms with Crippen molar-refractivity contribution in [2.24, 2.45) is 11.7 Å². The van der Waals surface area contributed by atoms with Crippen LogP contribution in [-0.4, -0.2) is 38.9 Å². The lowest BCUT2D eigenvalue weighted by Gasteiger charge is -2.32. The van der Waals surface area contributed by atoms with Gasteiger partial charge in [0.1, 0.15) is 0 Å². The fourth-order valence-corrected chi connectivity index (χ4v) is 2.88. The van der Waals surface area contributed by atoms with Gasteiger partial charge in [-0.1, -0.05) is 17.3 Å². The summed E-state index contributed by atoms with van der Waals surface area (Å²) in [5.74, 6) is 0.674. The molecule has 1 fully saturated rings. The lowest BCUT2D eigenvalue weighted by molar-refractivity contribution is 0.0681. The molecule has 2 aromatic rings. The summed E-state index contributed by atoms with van der Waals surface area (Å²) in [6, 6.07) is 7.58. The third-order valence-electron chi connectivity index (χ3n) is 4.26. The Balaban J connectivity index is 1.54. The van der Waals surface area contributed by atoms with Crippen LogP contribution in [0.2, 0.25) is 0 Å². The van der Waals surface area contributed by atoms with Crippen molar-refractivity contribution >= 4 is 5.91 Å². The molecule has 1 saturated heterocycles. The number of aromatic nitrogens is 3. The zero-order chi connectivity index (χ0) is 15.4. The number of piperidine rings is 1. The Kier molecular flexibility index (Phi) is 4.48. The molecule has 0 radical (unpaired) electrons. The van der Waals surface area contributed by atoms with E-state index in [9.17, 15) is 4.79 Å². The maximum Gasteiger partial charge on any atom is 0.253 e. The average molecular weight is 299 g/mol. The number of carbonyl (C=O) groups excluding carboxylic acids is 1. The second kappa shape index (κ2) is 6.70. The van der Waals surface area contributed by atoms with Crippen molar-refractivity contribution in [3.63, 3.8) is 0 Å². The first-order chi connectivity index (χ1) is 10.8. The highest BCUT2D eigenvalue weighted by molar-refractivity contribution is 5.94. The molecule has 0 atom stereocenters. The van der Waals surface area contributed by atoms with Gasteiger partial charge in [-0.15, -0.1) is 5.10 Å². The van der Waals surface area contributed by atoms with Gasteiger partial charge in [0.05, 0.1) is 6.20 Å². The summed E-state index contributed by atoms with van der Waals surface area (Å²) in [6.07, 6.45) is 5.60. The molecule has 6 heteroatoms. The molecule has 0 spiro atoms. The van der Waals surface area contributed by atoms with Crippen LogP contribution in [-0.2, 0) is 13.1 Å². The van der Waals surface area contributed by atoms with Crippen molar-refractivity contribution in [3.05, 3.63) is 47.8 Å². The number of benzene rings is 1. The average Bonchev–Trinajstić information content (AvgIpc) is 3.08. The third-order valence-corrected chi connectivity index (χ3v) is 4.26. The zero-order valence-corrected chi connectivity index (χ0v) is 12.6. The number of hydrogen-bond donors (Lipinski definition) is 1. The molecule has 0 saturated carbocycles. The van der Waals surface area contributed by atoms with Crippen LogP contribution < -0.4 is 5.73 Å². The second-order valence-corrected chi connectivity index (χ2v) is 5.76. The Morgan fingerprint density at radius 2 is 1.95 bits per heavy atom. The number of carbonyl (C=O) groups is 1. The maximum atomic E-state index is 12.5. The van der Waals surface area contributed by atoms with Gasteiger partial charge >= 0.3 is 0 Å². The van der Waals surface area contributed by atoms with E-state index in [1.807, 2.05) is 40.0 Å². The van der Waals surface area contributed by atoms with E-state index < -0.39 is 0 Å². The Bertz CT molecular complexity index is 600. The van der Waals surface area contributed by atoms with E-state index in [2.05, 4.69) is 10.3 Å². The van der Waals surface area contributed by atoms with Crippen molar-refractivity contribution in [1.29, 1.82) is 0 Å². The van der Waals surface area contributed by atoms with Crippen molar-refractivity contribution < 1.29 is 4.79 Å². The predicted octanol–water partition coefficient (Wildman–Crippen LogP) is 1.29. The molecule has 1 aromatic carbocycles. The number of amides is 1. The van der Waals surface area contributed by atoms with Gasteiger partial charge in [0.2, 0.25) is 0 Å². The highest BCUT2D eigenvalue weighted by Gasteiger charge is 2.23. The van der Waals surface area contributed by atoms with E-state index in [1.54, 1.807) is 6.20 Å². The standard InChI is InChI=1S/C16H21N5O/c17-11-13-1-3-15(4-2-13)16(22)20-8-5-14(6-9-20)12-21-10-7-18-19-21/h1-4,7,10,14H,5-6,8-9,11-12,17H2. The fraction of sp³-hybridized carbons (Fsp3) is 0.438. The quantitative estimate of drug-likeness (QED) is 0.923. The number of nitrogens with zero attached hydrogens (tertiary/aromatic N) is 4. The molecular weight excluding hydrogens is 278 g/mol. The van der Waals surface area contributed by atoms with E-state index in [-0.39, 0.29) is 5.91 Å². The summed E-state index contributed by atoms with van der Waals surface area (Å²) in [4.78, 5) is 14.4. The highest BCUT2D eigenvalue weighted by atomic mass is 16.2. The third kappa shape index (κ3) is 3.33. The molecule has 2 N–H and O–H groups in total. The predicted molar refractivity (Wildman–Crippen MR) is 83.0 cm³/mol. The first kappa shape index (κ1) is 14.7.